The van der Waals surface area contributed by atoms with E-state index in [9.17, 15) is 28.7 Å². The van der Waals surface area contributed by atoms with E-state index in [0.717, 1.165) is 35.3 Å². The van der Waals surface area contributed by atoms with Gasteiger partial charge in [-0.1, -0.05) is 48.9 Å². The highest BCUT2D eigenvalue weighted by atomic mass is 19.1. The van der Waals surface area contributed by atoms with Crippen LogP contribution in [-0.4, -0.2) is 84.2 Å². The van der Waals surface area contributed by atoms with E-state index < -0.39 is 35.3 Å². The Morgan fingerprint density at radius 2 is 1.70 bits per heavy atom. The summed E-state index contributed by atoms with van der Waals surface area (Å²) in [5.74, 6) is -1.98. The van der Waals surface area contributed by atoms with E-state index in [0.29, 0.717) is 52.1 Å². The minimum absolute atomic E-state index is 0.0887. The van der Waals surface area contributed by atoms with Crippen molar-refractivity contribution in [3.8, 4) is 0 Å². The fourth-order valence-corrected chi connectivity index (χ4v) is 5.98. The third-order valence-electron chi connectivity index (χ3n) is 8.69. The summed E-state index contributed by atoms with van der Waals surface area (Å²) in [4.78, 5) is 54.8. The third-order valence-corrected chi connectivity index (χ3v) is 8.69. The molecule has 44 heavy (non-hydrogen) atoms. The highest BCUT2D eigenvalue weighted by molar-refractivity contribution is 6.38. The van der Waals surface area contributed by atoms with Crippen molar-refractivity contribution in [2.45, 2.75) is 64.0 Å². The average Bonchev–Trinajstić information content (AvgIpc) is 3.01. The van der Waals surface area contributed by atoms with Crippen LogP contribution in [0.4, 0.5) is 14.0 Å². The number of urea groups is 1. The van der Waals surface area contributed by atoms with E-state index in [1.54, 1.807) is 24.0 Å². The predicted octanol–water partition coefficient (Wildman–Crippen LogP) is 4.55. The molecule has 0 spiro atoms. The van der Waals surface area contributed by atoms with Gasteiger partial charge in [-0.3, -0.25) is 14.5 Å². The number of amides is 4. The standard InChI is InChI=1S/C33H43FN4O6/c1-24(26-8-3-2-4-9-26)36-30(40)29(39)28(10-5-6-17-35-31(41)37-18-20-44-21-19-37)38(32(42)43)23-33(15-7-16-33)22-25-11-13-27(34)14-12-25/h2-4,8-9,11-14,24,28H,5-7,10,15-23H2,1H3,(H,35,41)(H,36,40)(H,42,43)/t24-,28?/m1/s1. The number of morpholine rings is 1. The number of ketones is 1. The van der Waals surface area contributed by atoms with Gasteiger partial charge in [0.15, 0.2) is 0 Å². The fourth-order valence-electron chi connectivity index (χ4n) is 5.98. The van der Waals surface area contributed by atoms with Crippen LogP contribution >= 0.6 is 0 Å². The lowest BCUT2D eigenvalue weighted by Crippen LogP contribution is -2.55. The molecule has 2 aromatic rings. The summed E-state index contributed by atoms with van der Waals surface area (Å²) in [5.41, 5.74) is 1.31. The number of rotatable bonds is 14. The number of nitrogens with one attached hydrogen (secondary N) is 2. The number of ether oxygens (including phenoxy) is 1. The third kappa shape index (κ3) is 9.01. The maximum atomic E-state index is 13.7. The zero-order valence-corrected chi connectivity index (χ0v) is 25.3. The van der Waals surface area contributed by atoms with E-state index >= 15 is 0 Å². The van der Waals surface area contributed by atoms with Crippen LogP contribution in [0.15, 0.2) is 54.6 Å². The topological polar surface area (TPSA) is 128 Å². The smallest absolute Gasteiger partial charge is 0.407 e. The monoisotopic (exact) mass is 610 g/mol. The van der Waals surface area contributed by atoms with Crippen molar-refractivity contribution >= 4 is 23.8 Å². The van der Waals surface area contributed by atoms with Gasteiger partial charge in [0.1, 0.15) is 11.9 Å². The predicted molar refractivity (Wildman–Crippen MR) is 163 cm³/mol. The Hall–Kier alpha value is -3.99. The largest absolute Gasteiger partial charge is 0.465 e. The molecule has 1 saturated carbocycles. The van der Waals surface area contributed by atoms with Crippen molar-refractivity contribution < 1.29 is 33.4 Å². The Balaban J connectivity index is 1.45. The molecule has 1 saturated heterocycles. The Kier molecular flexibility index (Phi) is 11.7. The number of hydrogen-bond donors (Lipinski definition) is 3. The van der Waals surface area contributed by atoms with Gasteiger partial charge in [-0.2, -0.15) is 0 Å². The first kappa shape index (κ1) is 32.9. The number of hydrogen-bond acceptors (Lipinski definition) is 5. The van der Waals surface area contributed by atoms with Crippen molar-refractivity contribution in [3.05, 3.63) is 71.5 Å². The van der Waals surface area contributed by atoms with Crippen LogP contribution in [0.1, 0.15) is 62.6 Å². The molecule has 1 unspecified atom stereocenters. The molecule has 1 aliphatic heterocycles. The van der Waals surface area contributed by atoms with Crippen LogP contribution in [0.5, 0.6) is 0 Å². The highest BCUT2D eigenvalue weighted by Crippen LogP contribution is 2.45. The first-order chi connectivity index (χ1) is 21.2. The second kappa shape index (κ2) is 15.7. The quantitative estimate of drug-likeness (QED) is 0.213. The number of Topliss-reactive ketones (excluding diaryl/α,β-unsaturated/α-hetero) is 1. The van der Waals surface area contributed by atoms with Crippen LogP contribution in [0.3, 0.4) is 0 Å². The molecule has 2 fully saturated rings. The highest BCUT2D eigenvalue weighted by Gasteiger charge is 2.43. The van der Waals surface area contributed by atoms with Crippen molar-refractivity contribution in [1.82, 2.24) is 20.4 Å². The van der Waals surface area contributed by atoms with Crippen LogP contribution in [-0.2, 0) is 20.7 Å². The van der Waals surface area contributed by atoms with Gasteiger partial charge in [-0.15, -0.1) is 0 Å². The summed E-state index contributed by atoms with van der Waals surface area (Å²) in [6.45, 7) is 4.25. The molecule has 0 aromatic heterocycles. The lowest BCUT2D eigenvalue weighted by molar-refractivity contribution is -0.141. The molecule has 2 aromatic carbocycles. The molecule has 1 aliphatic carbocycles. The Labute approximate surface area is 257 Å². The summed E-state index contributed by atoms with van der Waals surface area (Å²) < 4.78 is 18.8. The second-order valence-electron chi connectivity index (χ2n) is 11.9. The number of carboxylic acid groups (broad SMARTS) is 1. The normalized spacial score (nSPS) is 17.1. The second-order valence-corrected chi connectivity index (χ2v) is 11.9. The summed E-state index contributed by atoms with van der Waals surface area (Å²) >= 11 is 0. The molecule has 2 atom stereocenters. The summed E-state index contributed by atoms with van der Waals surface area (Å²) in [5, 5.41) is 16.0. The van der Waals surface area contributed by atoms with Crippen LogP contribution in [0.25, 0.3) is 0 Å². The SMILES string of the molecule is C[C@@H](NC(=O)C(=O)C(CCCCNC(=O)N1CCOCC1)N(CC1(Cc2ccc(F)cc2)CCC1)C(=O)O)c1ccccc1. The molecule has 0 radical (unpaired) electrons. The first-order valence-electron chi connectivity index (χ1n) is 15.4. The van der Waals surface area contributed by atoms with Gasteiger partial charge in [-0.25, -0.2) is 14.0 Å². The zero-order chi connectivity index (χ0) is 31.5. The fraction of sp³-hybridized carbons (Fsp3) is 0.515. The summed E-state index contributed by atoms with van der Waals surface area (Å²) in [6.07, 6.45) is 2.80. The maximum Gasteiger partial charge on any atom is 0.407 e. The molecule has 1 heterocycles. The zero-order valence-electron chi connectivity index (χ0n) is 25.3. The molecule has 3 N–H and O–H groups in total. The maximum absolute atomic E-state index is 13.7. The van der Waals surface area contributed by atoms with Crippen molar-refractivity contribution in [2.24, 2.45) is 5.41 Å². The lowest BCUT2D eigenvalue weighted by Gasteiger charge is -2.46. The van der Waals surface area contributed by atoms with E-state index in [1.165, 1.54) is 12.1 Å². The number of nitrogens with zero attached hydrogens (tertiary/aromatic N) is 2. The van der Waals surface area contributed by atoms with Crippen LogP contribution in [0.2, 0.25) is 0 Å². The molecule has 11 heteroatoms. The van der Waals surface area contributed by atoms with Gasteiger partial charge < -0.3 is 25.4 Å². The Morgan fingerprint density at radius 3 is 2.32 bits per heavy atom. The molecule has 10 nitrogen and oxygen atoms in total. The van der Waals surface area contributed by atoms with Gasteiger partial charge in [-0.05, 0) is 74.1 Å². The van der Waals surface area contributed by atoms with Gasteiger partial charge in [0.05, 0.1) is 19.3 Å². The summed E-state index contributed by atoms with van der Waals surface area (Å²) in [6, 6.07) is 13.6. The number of benzene rings is 2. The molecule has 4 amide bonds. The van der Waals surface area contributed by atoms with E-state index in [1.807, 2.05) is 30.3 Å². The van der Waals surface area contributed by atoms with Crippen molar-refractivity contribution in [2.75, 3.05) is 39.4 Å². The molecular formula is C33H43FN4O6. The first-order valence-corrected chi connectivity index (χ1v) is 15.4. The number of halogens is 1. The molecule has 4 rings (SSSR count). The van der Waals surface area contributed by atoms with Gasteiger partial charge >= 0.3 is 12.1 Å². The van der Waals surface area contributed by atoms with Crippen LogP contribution < -0.4 is 10.6 Å². The Bertz CT molecular complexity index is 1260. The average molecular weight is 611 g/mol. The number of unbranched alkanes of at least 4 members (excludes halogenated alkanes) is 1. The number of carbonyl (C=O) groups excluding carboxylic acids is 3. The van der Waals surface area contributed by atoms with Gasteiger partial charge in [0.25, 0.3) is 5.91 Å². The molecule has 238 valence electrons. The van der Waals surface area contributed by atoms with Gasteiger partial charge in [0.2, 0.25) is 5.78 Å². The molecular weight excluding hydrogens is 567 g/mol. The van der Waals surface area contributed by atoms with E-state index in [-0.39, 0.29) is 24.8 Å². The van der Waals surface area contributed by atoms with E-state index in [4.69, 9.17) is 4.74 Å². The molecule has 2 aliphatic rings. The summed E-state index contributed by atoms with van der Waals surface area (Å²) in [7, 11) is 0. The van der Waals surface area contributed by atoms with Crippen molar-refractivity contribution in [3.63, 3.8) is 0 Å². The van der Waals surface area contributed by atoms with Gasteiger partial charge in [0, 0.05) is 26.2 Å². The van der Waals surface area contributed by atoms with Crippen LogP contribution in [0, 0.1) is 11.2 Å². The minimum Gasteiger partial charge on any atom is -0.465 e. The molecule has 0 bridgehead atoms. The Morgan fingerprint density at radius 1 is 1.02 bits per heavy atom. The number of carbonyl (C=O) groups is 4. The van der Waals surface area contributed by atoms with E-state index in [2.05, 4.69) is 10.6 Å². The van der Waals surface area contributed by atoms with Crippen molar-refractivity contribution in [1.29, 1.82) is 0 Å². The lowest BCUT2D eigenvalue weighted by atomic mass is 9.65. The minimum atomic E-state index is -1.27.